The van der Waals surface area contributed by atoms with Crippen LogP contribution in [0.15, 0.2) is 34.8 Å². The third kappa shape index (κ3) is 3.43. The van der Waals surface area contributed by atoms with E-state index in [0.29, 0.717) is 5.56 Å². The molecule has 0 radical (unpaired) electrons. The molecule has 0 aromatic heterocycles. The maximum absolute atomic E-state index is 13.6. The highest BCUT2D eigenvalue weighted by molar-refractivity contribution is 9.10. The van der Waals surface area contributed by atoms with Crippen LogP contribution in [-0.4, -0.2) is 7.05 Å². The van der Waals surface area contributed by atoms with Gasteiger partial charge in [-0.3, -0.25) is 0 Å². The van der Waals surface area contributed by atoms with E-state index in [4.69, 9.17) is 0 Å². The predicted molar refractivity (Wildman–Crippen MR) is 65.3 cm³/mol. The van der Waals surface area contributed by atoms with Crippen molar-refractivity contribution in [3.63, 3.8) is 0 Å². The summed E-state index contributed by atoms with van der Waals surface area (Å²) < 4.78 is 14.5. The molecule has 0 spiro atoms. The van der Waals surface area contributed by atoms with E-state index in [1.165, 1.54) is 6.07 Å². The molecule has 1 aromatic carbocycles. The monoisotopic (exact) mass is 271 g/mol. The summed E-state index contributed by atoms with van der Waals surface area (Å²) in [6.07, 6.45) is 0.740. The number of halogens is 2. The van der Waals surface area contributed by atoms with Crippen molar-refractivity contribution in [1.29, 1.82) is 0 Å². The Bertz CT molecular complexity index is 363. The average Bonchev–Trinajstić information content (AvgIpc) is 2.18. The first-order chi connectivity index (χ1) is 7.04. The minimum atomic E-state index is -0.182. The van der Waals surface area contributed by atoms with Crippen LogP contribution in [0.5, 0.6) is 0 Å². The highest BCUT2D eigenvalue weighted by atomic mass is 79.9. The van der Waals surface area contributed by atoms with Gasteiger partial charge < -0.3 is 5.32 Å². The summed E-state index contributed by atoms with van der Waals surface area (Å²) >= 11 is 3.34. The fourth-order valence-corrected chi connectivity index (χ4v) is 1.88. The Morgan fingerprint density at radius 3 is 2.80 bits per heavy atom. The Balaban J connectivity index is 3.00. The predicted octanol–water partition coefficient (Wildman–Crippen LogP) is 3.81. The van der Waals surface area contributed by atoms with Crippen LogP contribution >= 0.6 is 15.9 Å². The highest BCUT2D eigenvalue weighted by Gasteiger charge is 2.14. The Morgan fingerprint density at radius 2 is 2.27 bits per heavy atom. The molecule has 0 amide bonds. The molecule has 0 heterocycles. The summed E-state index contributed by atoms with van der Waals surface area (Å²) in [5.41, 5.74) is 1.71. The van der Waals surface area contributed by atoms with Crippen molar-refractivity contribution in [2.75, 3.05) is 7.05 Å². The second-order valence-electron chi connectivity index (χ2n) is 3.67. The number of hydrogen-bond acceptors (Lipinski definition) is 1. The molecule has 0 aliphatic carbocycles. The Morgan fingerprint density at radius 1 is 1.60 bits per heavy atom. The third-order valence-electron chi connectivity index (χ3n) is 2.23. The van der Waals surface area contributed by atoms with E-state index in [0.717, 1.165) is 16.5 Å². The van der Waals surface area contributed by atoms with Gasteiger partial charge in [0.2, 0.25) is 0 Å². The van der Waals surface area contributed by atoms with Crippen LogP contribution < -0.4 is 5.32 Å². The van der Waals surface area contributed by atoms with Crippen molar-refractivity contribution in [3.8, 4) is 0 Å². The smallest absolute Gasteiger partial charge is 0.128 e. The van der Waals surface area contributed by atoms with Gasteiger partial charge in [-0.15, -0.1) is 6.58 Å². The van der Waals surface area contributed by atoms with Crippen molar-refractivity contribution in [2.45, 2.75) is 19.4 Å². The lowest BCUT2D eigenvalue weighted by Crippen LogP contribution is -2.17. The molecule has 3 heteroatoms. The molecule has 0 saturated heterocycles. The van der Waals surface area contributed by atoms with E-state index < -0.39 is 0 Å². The van der Waals surface area contributed by atoms with E-state index in [1.807, 2.05) is 14.0 Å². The molecule has 1 nitrogen and oxygen atoms in total. The first kappa shape index (κ1) is 12.4. The zero-order valence-corrected chi connectivity index (χ0v) is 10.6. The van der Waals surface area contributed by atoms with Crippen molar-refractivity contribution >= 4 is 15.9 Å². The molecule has 82 valence electrons. The summed E-state index contributed by atoms with van der Waals surface area (Å²) in [7, 11) is 1.83. The molecule has 0 fully saturated rings. The molecular weight excluding hydrogens is 257 g/mol. The topological polar surface area (TPSA) is 12.0 Å². The maximum atomic E-state index is 13.6. The lowest BCUT2D eigenvalue weighted by Gasteiger charge is -2.17. The molecule has 1 rings (SSSR count). The summed E-state index contributed by atoms with van der Waals surface area (Å²) in [6, 6.07) is 4.97. The first-order valence-corrected chi connectivity index (χ1v) is 5.60. The quantitative estimate of drug-likeness (QED) is 0.822. The summed E-state index contributed by atoms with van der Waals surface area (Å²) in [4.78, 5) is 0. The van der Waals surface area contributed by atoms with Crippen LogP contribution in [0.1, 0.15) is 24.9 Å². The number of hydrogen-bond donors (Lipinski definition) is 1. The summed E-state index contributed by atoms with van der Waals surface area (Å²) in [5.74, 6) is -0.182. The van der Waals surface area contributed by atoms with Crippen LogP contribution in [0.25, 0.3) is 0 Å². The first-order valence-electron chi connectivity index (χ1n) is 4.81. The average molecular weight is 272 g/mol. The van der Waals surface area contributed by atoms with E-state index >= 15 is 0 Å². The molecule has 1 N–H and O–H groups in total. The van der Waals surface area contributed by atoms with Crippen molar-refractivity contribution < 1.29 is 4.39 Å². The molecule has 15 heavy (non-hydrogen) atoms. The summed E-state index contributed by atoms with van der Waals surface area (Å²) in [6.45, 7) is 5.79. The van der Waals surface area contributed by atoms with E-state index in [2.05, 4.69) is 27.8 Å². The second kappa shape index (κ2) is 5.42. The van der Waals surface area contributed by atoms with Crippen molar-refractivity contribution in [2.24, 2.45) is 0 Å². The highest BCUT2D eigenvalue weighted by Crippen LogP contribution is 2.25. The van der Waals surface area contributed by atoms with Crippen LogP contribution in [0.4, 0.5) is 4.39 Å². The largest absolute Gasteiger partial charge is 0.313 e. The van der Waals surface area contributed by atoms with Crippen molar-refractivity contribution in [3.05, 3.63) is 46.2 Å². The van der Waals surface area contributed by atoms with Gasteiger partial charge in [0.25, 0.3) is 0 Å². The molecule has 1 aromatic rings. The Hall–Kier alpha value is -0.670. The lowest BCUT2D eigenvalue weighted by atomic mass is 10.00. The Labute approximate surface area is 98.5 Å². The van der Waals surface area contributed by atoms with Crippen molar-refractivity contribution in [1.82, 2.24) is 5.32 Å². The van der Waals surface area contributed by atoms with Gasteiger partial charge in [0.1, 0.15) is 5.82 Å². The van der Waals surface area contributed by atoms with Gasteiger partial charge in [-0.2, -0.15) is 0 Å². The molecule has 1 unspecified atom stereocenters. The van der Waals surface area contributed by atoms with Gasteiger partial charge in [0.15, 0.2) is 0 Å². The van der Waals surface area contributed by atoms with Gasteiger partial charge in [0.05, 0.1) is 0 Å². The third-order valence-corrected chi connectivity index (χ3v) is 2.73. The molecule has 0 bridgehead atoms. The zero-order valence-electron chi connectivity index (χ0n) is 8.98. The van der Waals surface area contributed by atoms with E-state index in [-0.39, 0.29) is 11.9 Å². The van der Waals surface area contributed by atoms with Gasteiger partial charge in [0, 0.05) is 16.1 Å². The van der Waals surface area contributed by atoms with Crippen LogP contribution in [0.3, 0.4) is 0 Å². The molecular formula is C12H15BrFN. The normalized spacial score (nSPS) is 12.5. The van der Waals surface area contributed by atoms with Gasteiger partial charge in [-0.25, -0.2) is 4.39 Å². The van der Waals surface area contributed by atoms with E-state index in [1.54, 1.807) is 12.1 Å². The van der Waals surface area contributed by atoms with Crippen LogP contribution in [0.2, 0.25) is 0 Å². The number of benzene rings is 1. The Kier molecular flexibility index (Phi) is 4.48. The maximum Gasteiger partial charge on any atom is 0.128 e. The van der Waals surface area contributed by atoms with Crippen LogP contribution in [0, 0.1) is 5.82 Å². The van der Waals surface area contributed by atoms with Crippen LogP contribution in [-0.2, 0) is 0 Å². The van der Waals surface area contributed by atoms with Gasteiger partial charge in [-0.05, 0) is 38.6 Å². The fourth-order valence-electron chi connectivity index (χ4n) is 1.50. The van der Waals surface area contributed by atoms with E-state index in [9.17, 15) is 4.39 Å². The molecule has 0 saturated carbocycles. The van der Waals surface area contributed by atoms with Gasteiger partial charge in [-0.1, -0.05) is 21.5 Å². The van der Waals surface area contributed by atoms with Gasteiger partial charge >= 0.3 is 0 Å². The second-order valence-corrected chi connectivity index (χ2v) is 4.58. The zero-order chi connectivity index (χ0) is 11.4. The minimum Gasteiger partial charge on any atom is -0.313 e. The lowest BCUT2D eigenvalue weighted by molar-refractivity contribution is 0.532. The molecule has 1 atom stereocenters. The standard InChI is InChI=1S/C12H15BrFN/c1-8(2)6-12(15-3)10-7-9(13)4-5-11(10)14/h4-5,7,12,15H,1,6H2,2-3H3. The number of nitrogens with one attached hydrogen (secondary N) is 1. The molecule has 0 aliphatic heterocycles. The SMILES string of the molecule is C=C(C)CC(NC)c1cc(Br)ccc1F. The fraction of sp³-hybridized carbons (Fsp3) is 0.333. The molecule has 0 aliphatic rings. The number of rotatable bonds is 4. The summed E-state index contributed by atoms with van der Waals surface area (Å²) in [5, 5.41) is 3.10. The minimum absolute atomic E-state index is 0.0139.